The molecule has 10 nitrogen and oxygen atoms in total. The fraction of sp³-hybridized carbons (Fsp3) is 0.500. The SMILES string of the molecule is C.CC1CC(=O)NC(S)=C1C#N.CC=O.CCC(=O)CSC1=C(C#N)C(C)CC(=O)N1.[C-]#[N+]CC(N)=S. The van der Waals surface area contributed by atoms with Gasteiger partial charge >= 0.3 is 0 Å². The van der Waals surface area contributed by atoms with E-state index in [9.17, 15) is 14.4 Å². The average molecular weight is 567 g/mol. The zero-order valence-electron chi connectivity index (χ0n) is 20.6. The second-order valence-electron chi connectivity index (χ2n) is 7.23. The standard InChI is InChI=1S/C11H14N2O2S.C7H8N2OS.C3H4N2S.C2H4O.CH4/c1-3-8(14)6-16-11-9(5-12)7(2)4-10(15)13-11;1-4-2-6(10)9-7(11)5(4)3-8;1-5-2-3(4)6;1-2-3;/h7H,3-4,6H2,1-2H3,(H,13,15);4,11H,2H2,1H3,(H,9,10);2H2,(H2,4,6);2H,1H3;1H4. The first kappa shape index (κ1) is 38.4. The molecule has 2 unspecified atom stereocenters. The fourth-order valence-electron chi connectivity index (χ4n) is 2.48. The number of rotatable bonds is 5. The minimum absolute atomic E-state index is 0. The number of Topliss-reactive ketones (excluding diaryl/α,β-unsaturated/α-hetero) is 1. The van der Waals surface area contributed by atoms with Crippen LogP contribution < -0.4 is 16.4 Å². The van der Waals surface area contributed by atoms with Gasteiger partial charge in [0.05, 0.1) is 39.1 Å². The van der Waals surface area contributed by atoms with Crippen LogP contribution in [0, 0.1) is 41.1 Å². The Balaban J connectivity index is -0.000000478. The number of thiol groups is 1. The van der Waals surface area contributed by atoms with Crippen molar-refractivity contribution in [3.8, 4) is 12.1 Å². The Morgan fingerprint density at radius 1 is 1.22 bits per heavy atom. The van der Waals surface area contributed by atoms with Gasteiger partial charge in [0.1, 0.15) is 12.1 Å². The molecule has 2 aliphatic heterocycles. The van der Waals surface area contributed by atoms with Crippen LogP contribution in [-0.4, -0.2) is 41.2 Å². The molecule has 0 aliphatic carbocycles. The summed E-state index contributed by atoms with van der Waals surface area (Å²) in [6, 6.07) is 4.11. The molecular weight excluding hydrogens is 533 g/mol. The maximum Gasteiger partial charge on any atom is 0.263 e. The van der Waals surface area contributed by atoms with Crippen LogP contribution in [0.25, 0.3) is 4.85 Å². The molecule has 2 rings (SSSR count). The van der Waals surface area contributed by atoms with Crippen molar-refractivity contribution in [1.82, 2.24) is 10.6 Å². The molecule has 0 saturated heterocycles. The van der Waals surface area contributed by atoms with Crippen LogP contribution >= 0.6 is 36.6 Å². The number of nitrogens with zero attached hydrogens (tertiary/aromatic N) is 3. The van der Waals surface area contributed by atoms with Crippen molar-refractivity contribution in [3.63, 3.8) is 0 Å². The molecule has 2 aliphatic rings. The summed E-state index contributed by atoms with van der Waals surface area (Å²) in [5.74, 6) is 0.213. The number of nitrogens with two attached hydrogens (primary N) is 1. The number of nitrogens with one attached hydrogen (secondary N) is 2. The lowest BCUT2D eigenvalue weighted by Gasteiger charge is -2.21. The molecular formula is C24H34N6O4S3. The number of nitriles is 2. The van der Waals surface area contributed by atoms with Gasteiger partial charge in [-0.3, -0.25) is 14.4 Å². The van der Waals surface area contributed by atoms with Crippen LogP contribution in [0.1, 0.15) is 54.4 Å². The topological polar surface area (TPSA) is 170 Å². The summed E-state index contributed by atoms with van der Waals surface area (Å²) in [6.45, 7) is 13.3. The van der Waals surface area contributed by atoms with Crippen molar-refractivity contribution in [3.05, 3.63) is 32.6 Å². The zero-order valence-corrected chi connectivity index (χ0v) is 23.1. The Morgan fingerprint density at radius 2 is 1.68 bits per heavy atom. The number of amides is 2. The van der Waals surface area contributed by atoms with Crippen LogP contribution in [0.4, 0.5) is 0 Å². The number of hydrogen-bond acceptors (Lipinski definition) is 9. The number of thiocarbonyl (C=S) groups is 1. The Kier molecular flexibility index (Phi) is 22.9. The number of hydrogen-bond donors (Lipinski definition) is 4. The lowest BCUT2D eigenvalue weighted by atomic mass is 9.96. The number of carbonyl (C=O) groups excluding carboxylic acids is 4. The van der Waals surface area contributed by atoms with Crippen molar-refractivity contribution >= 4 is 65.5 Å². The van der Waals surface area contributed by atoms with E-state index in [4.69, 9.17) is 27.6 Å². The highest BCUT2D eigenvalue weighted by Crippen LogP contribution is 2.28. The van der Waals surface area contributed by atoms with E-state index in [0.29, 0.717) is 46.2 Å². The van der Waals surface area contributed by atoms with E-state index in [1.165, 1.54) is 18.7 Å². The van der Waals surface area contributed by atoms with Gasteiger partial charge in [-0.15, -0.1) is 12.6 Å². The van der Waals surface area contributed by atoms with E-state index >= 15 is 0 Å². The van der Waals surface area contributed by atoms with Gasteiger partial charge in [0.15, 0.2) is 4.99 Å². The summed E-state index contributed by atoms with van der Waals surface area (Å²) < 4.78 is 0. The first-order chi connectivity index (χ1) is 16.9. The number of carbonyl (C=O) groups is 4. The molecule has 2 heterocycles. The first-order valence-corrected chi connectivity index (χ1v) is 12.5. The van der Waals surface area contributed by atoms with Gasteiger partial charge in [-0.05, 0) is 6.92 Å². The molecule has 0 aromatic carbocycles. The Hall–Kier alpha value is -3.18. The predicted octanol–water partition coefficient (Wildman–Crippen LogP) is 3.43. The Bertz CT molecular complexity index is 1020. The number of allylic oxidation sites excluding steroid dienone is 2. The summed E-state index contributed by atoms with van der Waals surface area (Å²) in [6.07, 6.45) is 1.95. The second kappa shape index (κ2) is 22.1. The summed E-state index contributed by atoms with van der Waals surface area (Å²) in [7, 11) is 0. The highest BCUT2D eigenvalue weighted by Gasteiger charge is 2.25. The highest BCUT2D eigenvalue weighted by molar-refractivity contribution is 8.03. The molecule has 0 bridgehead atoms. The lowest BCUT2D eigenvalue weighted by molar-refractivity contribution is -0.122. The van der Waals surface area contributed by atoms with Crippen molar-refractivity contribution < 1.29 is 19.2 Å². The number of thioether (sulfide) groups is 1. The van der Waals surface area contributed by atoms with Crippen LogP contribution in [-0.2, 0) is 19.2 Å². The van der Waals surface area contributed by atoms with Gasteiger partial charge in [-0.1, -0.05) is 52.2 Å². The molecule has 37 heavy (non-hydrogen) atoms. The summed E-state index contributed by atoms with van der Waals surface area (Å²) in [5, 5.41) is 23.7. The minimum atomic E-state index is -0.0852. The summed E-state index contributed by atoms with van der Waals surface area (Å²) in [5.41, 5.74) is 6.06. The summed E-state index contributed by atoms with van der Waals surface area (Å²) in [4.78, 5) is 45.3. The van der Waals surface area contributed by atoms with Crippen molar-refractivity contribution in [2.24, 2.45) is 17.6 Å². The van der Waals surface area contributed by atoms with Gasteiger partial charge in [0.2, 0.25) is 11.8 Å². The maximum absolute atomic E-state index is 11.3. The van der Waals surface area contributed by atoms with E-state index in [1.54, 1.807) is 6.92 Å². The van der Waals surface area contributed by atoms with Gasteiger partial charge in [0.25, 0.3) is 6.54 Å². The number of ketones is 1. The van der Waals surface area contributed by atoms with E-state index in [1.807, 2.05) is 19.9 Å². The predicted molar refractivity (Wildman–Crippen MR) is 153 cm³/mol. The smallest absolute Gasteiger partial charge is 0.263 e. The maximum atomic E-state index is 11.3. The zero-order chi connectivity index (χ0) is 28.3. The van der Waals surface area contributed by atoms with E-state index in [-0.39, 0.29) is 48.4 Å². The summed E-state index contributed by atoms with van der Waals surface area (Å²) >= 11 is 9.58. The molecule has 2 atom stereocenters. The largest absolute Gasteiger partial charge is 0.387 e. The monoisotopic (exact) mass is 566 g/mol. The van der Waals surface area contributed by atoms with Crippen LogP contribution in [0.3, 0.4) is 0 Å². The molecule has 0 fully saturated rings. The molecule has 0 aromatic rings. The molecule has 0 spiro atoms. The van der Waals surface area contributed by atoms with E-state index in [2.05, 4.69) is 46.4 Å². The van der Waals surface area contributed by atoms with Gasteiger partial charge in [-0.25, -0.2) is 6.57 Å². The van der Waals surface area contributed by atoms with Gasteiger partial charge < -0.3 is 26.0 Å². The van der Waals surface area contributed by atoms with Crippen molar-refractivity contribution in [2.45, 2.75) is 54.4 Å². The fourth-order valence-corrected chi connectivity index (χ4v) is 4.04. The highest BCUT2D eigenvalue weighted by atomic mass is 32.2. The number of aldehydes is 1. The van der Waals surface area contributed by atoms with Gasteiger partial charge in [0, 0.05) is 31.1 Å². The third kappa shape index (κ3) is 17.0. The van der Waals surface area contributed by atoms with Crippen molar-refractivity contribution in [1.29, 1.82) is 10.5 Å². The quantitative estimate of drug-likeness (QED) is 0.168. The molecule has 13 heteroatoms. The van der Waals surface area contributed by atoms with Crippen LogP contribution in [0.15, 0.2) is 21.2 Å². The lowest BCUT2D eigenvalue weighted by Crippen LogP contribution is -2.30. The van der Waals surface area contributed by atoms with Gasteiger partial charge in [-0.2, -0.15) is 10.5 Å². The Morgan fingerprint density at radius 3 is 2.03 bits per heavy atom. The molecule has 4 N–H and O–H groups in total. The van der Waals surface area contributed by atoms with Crippen molar-refractivity contribution in [2.75, 3.05) is 12.3 Å². The van der Waals surface area contributed by atoms with E-state index < -0.39 is 0 Å². The molecule has 0 saturated carbocycles. The second-order valence-corrected chi connectivity index (χ2v) is 9.19. The van der Waals surface area contributed by atoms with E-state index in [0.717, 1.165) is 6.29 Å². The molecule has 0 aromatic heterocycles. The molecule has 2 amide bonds. The Labute approximate surface area is 234 Å². The minimum Gasteiger partial charge on any atom is -0.387 e. The molecule has 202 valence electrons. The molecule has 0 radical (unpaired) electrons. The third-order valence-electron chi connectivity index (χ3n) is 4.23. The first-order valence-electron chi connectivity index (χ1n) is 10.6. The normalized spacial score (nSPS) is 17.5. The van der Waals surface area contributed by atoms with Crippen LogP contribution in [0.5, 0.6) is 0 Å². The third-order valence-corrected chi connectivity index (χ3v) is 5.79. The van der Waals surface area contributed by atoms with Crippen LogP contribution in [0.2, 0.25) is 0 Å². The average Bonchev–Trinajstić information content (AvgIpc) is 2.78.